The largest absolute Gasteiger partial charge is 0.446 e. The molecule has 3 aliphatic heterocycles. The van der Waals surface area contributed by atoms with Gasteiger partial charge in [-0.25, -0.2) is 4.98 Å². The Morgan fingerprint density at radius 1 is 1.12 bits per heavy atom. The highest BCUT2D eigenvalue weighted by atomic mass is 19.4. The summed E-state index contributed by atoms with van der Waals surface area (Å²) in [5.41, 5.74) is 1.75. The number of carbonyl (C=O) groups is 1. The Bertz CT molecular complexity index is 1690. The van der Waals surface area contributed by atoms with E-state index in [2.05, 4.69) is 15.2 Å². The van der Waals surface area contributed by atoms with Crippen LogP contribution in [0.15, 0.2) is 47.1 Å². The molecular weight excluding hydrogens is 549 g/mol. The van der Waals surface area contributed by atoms with Crippen molar-refractivity contribution >= 4 is 11.6 Å². The van der Waals surface area contributed by atoms with Crippen molar-refractivity contribution in [2.75, 3.05) is 24.7 Å². The summed E-state index contributed by atoms with van der Waals surface area (Å²) in [4.78, 5) is 21.6. The molecule has 7 rings (SSSR count). The number of benzene rings is 2. The monoisotopic (exact) mass is 578 g/mol. The van der Waals surface area contributed by atoms with E-state index < -0.39 is 17.6 Å². The summed E-state index contributed by atoms with van der Waals surface area (Å²) in [6, 6.07) is 10.3. The number of ether oxygens (including phenoxy) is 1. The van der Waals surface area contributed by atoms with Crippen LogP contribution in [0.2, 0.25) is 0 Å². The molecule has 1 saturated heterocycles. The summed E-state index contributed by atoms with van der Waals surface area (Å²) in [5.74, 6) is 1.78. The highest BCUT2D eigenvalue weighted by Gasteiger charge is 2.43. The molecule has 1 amide bonds. The smallest absolute Gasteiger partial charge is 0.416 e. The molecule has 1 fully saturated rings. The summed E-state index contributed by atoms with van der Waals surface area (Å²) in [5, 5.41) is 8.19. The predicted molar refractivity (Wildman–Crippen MR) is 145 cm³/mol. The van der Waals surface area contributed by atoms with Crippen molar-refractivity contribution in [2.24, 2.45) is 7.05 Å². The van der Waals surface area contributed by atoms with Gasteiger partial charge in [0.25, 0.3) is 5.91 Å². The fourth-order valence-corrected chi connectivity index (χ4v) is 6.29. The van der Waals surface area contributed by atoms with E-state index in [0.717, 1.165) is 22.8 Å². The van der Waals surface area contributed by atoms with E-state index in [4.69, 9.17) is 9.15 Å². The lowest BCUT2D eigenvalue weighted by molar-refractivity contribution is -0.138. The number of hydrogen-bond acceptors (Lipinski definition) is 7. The number of alkyl halides is 3. The van der Waals surface area contributed by atoms with Gasteiger partial charge < -0.3 is 18.6 Å². The Morgan fingerprint density at radius 2 is 1.95 bits per heavy atom. The van der Waals surface area contributed by atoms with Gasteiger partial charge in [0.2, 0.25) is 0 Å². The molecule has 0 N–H and O–H groups in total. The first-order valence-electron chi connectivity index (χ1n) is 13.8. The number of oxazole rings is 1. The molecule has 5 heterocycles. The third kappa shape index (κ3) is 4.58. The van der Waals surface area contributed by atoms with Crippen LogP contribution in [0.4, 0.5) is 18.9 Å². The quantitative estimate of drug-likeness (QED) is 0.336. The second-order valence-corrected chi connectivity index (χ2v) is 11.5. The minimum atomic E-state index is -4.60. The van der Waals surface area contributed by atoms with Crippen LogP contribution < -0.4 is 4.90 Å². The van der Waals surface area contributed by atoms with E-state index in [1.54, 1.807) is 25.4 Å². The number of nitrogens with zero attached hydrogens (tertiary/aromatic N) is 6. The number of carbonyl (C=O) groups excluding carboxylic acids is 1. The van der Waals surface area contributed by atoms with Crippen molar-refractivity contribution in [2.45, 2.75) is 51.0 Å². The average molecular weight is 579 g/mol. The molecule has 9 nitrogen and oxygen atoms in total. The topological polar surface area (TPSA) is 89.5 Å². The number of rotatable bonds is 6. The predicted octanol–water partition coefficient (Wildman–Crippen LogP) is 4.36. The molecule has 4 aromatic rings. The van der Waals surface area contributed by atoms with Crippen molar-refractivity contribution in [3.05, 3.63) is 93.7 Å². The minimum absolute atomic E-state index is 0.00971. The van der Waals surface area contributed by atoms with Gasteiger partial charge in [-0.15, -0.1) is 10.2 Å². The van der Waals surface area contributed by atoms with Crippen molar-refractivity contribution < 1.29 is 27.1 Å². The van der Waals surface area contributed by atoms with Gasteiger partial charge in [0.1, 0.15) is 17.9 Å². The maximum absolute atomic E-state index is 14.4. The maximum Gasteiger partial charge on any atom is 0.416 e. The molecule has 0 radical (unpaired) electrons. The van der Waals surface area contributed by atoms with Crippen LogP contribution in [0.3, 0.4) is 0 Å². The molecule has 3 aliphatic rings. The molecule has 12 heteroatoms. The fraction of sp³-hybridized carbons (Fsp3) is 0.400. The first kappa shape index (κ1) is 26.8. The van der Waals surface area contributed by atoms with Gasteiger partial charge in [-0.3, -0.25) is 9.69 Å². The van der Waals surface area contributed by atoms with Gasteiger partial charge in [0.15, 0.2) is 5.89 Å². The molecule has 0 saturated carbocycles. The SMILES string of the molecule is Cc1nc2c(o1)CCN(Cc1cc3c(c(C(F)(F)F)c1)CN(c1cccc(C4(Cc5nncn5C)COC4)c1)C3=O)C2. The number of fused-ring (bicyclic) bond motifs is 2. The molecular formula is C30H29F3N6O3. The molecule has 0 unspecified atom stereocenters. The zero-order chi connectivity index (χ0) is 29.2. The minimum Gasteiger partial charge on any atom is -0.446 e. The van der Waals surface area contributed by atoms with E-state index in [1.807, 2.05) is 34.7 Å². The fourth-order valence-electron chi connectivity index (χ4n) is 6.29. The van der Waals surface area contributed by atoms with Crippen molar-refractivity contribution in [3.8, 4) is 0 Å². The van der Waals surface area contributed by atoms with Gasteiger partial charge in [-0.1, -0.05) is 12.1 Å². The van der Waals surface area contributed by atoms with Crippen LogP contribution in [-0.2, 0) is 55.9 Å². The Kier molecular flexibility index (Phi) is 6.24. The number of halogens is 3. The number of amides is 1. The third-order valence-corrected chi connectivity index (χ3v) is 8.56. The number of aromatic nitrogens is 4. The molecule has 0 spiro atoms. The van der Waals surface area contributed by atoms with Crippen LogP contribution in [0.25, 0.3) is 0 Å². The number of aryl methyl sites for hydroxylation is 2. The summed E-state index contributed by atoms with van der Waals surface area (Å²) in [6.07, 6.45) is -1.72. The lowest BCUT2D eigenvalue weighted by Gasteiger charge is -2.42. The lowest BCUT2D eigenvalue weighted by Crippen LogP contribution is -2.49. The summed E-state index contributed by atoms with van der Waals surface area (Å²) in [7, 11) is 1.88. The van der Waals surface area contributed by atoms with Crippen molar-refractivity contribution in [1.82, 2.24) is 24.6 Å². The molecule has 0 bridgehead atoms. The van der Waals surface area contributed by atoms with Crippen LogP contribution in [-0.4, -0.2) is 50.3 Å². The Hall–Kier alpha value is -4.03. The van der Waals surface area contributed by atoms with Crippen molar-refractivity contribution in [3.63, 3.8) is 0 Å². The second kappa shape index (κ2) is 9.77. The lowest BCUT2D eigenvalue weighted by atomic mass is 9.75. The number of hydrogen-bond donors (Lipinski definition) is 0. The molecule has 0 atom stereocenters. The van der Waals surface area contributed by atoms with E-state index in [-0.39, 0.29) is 29.6 Å². The Balaban J connectivity index is 1.18. The van der Waals surface area contributed by atoms with E-state index in [0.29, 0.717) is 56.3 Å². The Labute approximate surface area is 239 Å². The first-order chi connectivity index (χ1) is 20.1. The molecule has 0 aliphatic carbocycles. The zero-order valence-electron chi connectivity index (χ0n) is 23.2. The van der Waals surface area contributed by atoms with Gasteiger partial charge >= 0.3 is 6.18 Å². The van der Waals surface area contributed by atoms with E-state index in [1.165, 1.54) is 11.0 Å². The molecule has 42 heavy (non-hydrogen) atoms. The Morgan fingerprint density at radius 3 is 2.67 bits per heavy atom. The first-order valence-corrected chi connectivity index (χ1v) is 13.8. The second-order valence-electron chi connectivity index (χ2n) is 11.5. The van der Waals surface area contributed by atoms with Crippen LogP contribution in [0.1, 0.15) is 55.8 Å². The van der Waals surface area contributed by atoms with Gasteiger partial charge in [0.05, 0.1) is 31.0 Å². The number of anilines is 1. The van der Waals surface area contributed by atoms with Gasteiger partial charge in [-0.2, -0.15) is 13.2 Å². The standard InChI is InChI=1S/C30H29F3N6O3/c1-18-35-25-14-38(7-6-26(25)42-18)12-19-8-22-23(24(9-19)30(31,32)33)13-39(28(22)40)21-5-3-4-20(10-21)29(15-41-16-29)11-27-36-34-17-37(27)2/h3-5,8-10,17H,6-7,11-16H2,1-2H3. The molecule has 218 valence electrons. The molecule has 2 aromatic heterocycles. The van der Waals surface area contributed by atoms with E-state index >= 15 is 0 Å². The summed E-state index contributed by atoms with van der Waals surface area (Å²) < 4.78 is 56.1. The zero-order valence-corrected chi connectivity index (χ0v) is 23.2. The van der Waals surface area contributed by atoms with Crippen LogP contribution >= 0.6 is 0 Å². The third-order valence-electron chi connectivity index (χ3n) is 8.56. The molecule has 2 aromatic carbocycles. The summed E-state index contributed by atoms with van der Waals surface area (Å²) in [6.45, 7) is 3.98. The van der Waals surface area contributed by atoms with E-state index in [9.17, 15) is 18.0 Å². The summed E-state index contributed by atoms with van der Waals surface area (Å²) >= 11 is 0. The average Bonchev–Trinajstić information content (AvgIpc) is 3.61. The van der Waals surface area contributed by atoms with Gasteiger partial charge in [0, 0.05) is 63.1 Å². The van der Waals surface area contributed by atoms with Crippen LogP contribution in [0.5, 0.6) is 0 Å². The van der Waals surface area contributed by atoms with Crippen LogP contribution in [0, 0.1) is 6.92 Å². The van der Waals surface area contributed by atoms with Gasteiger partial charge in [-0.05, 0) is 41.0 Å². The van der Waals surface area contributed by atoms with Crippen molar-refractivity contribution in [1.29, 1.82) is 0 Å². The highest BCUT2D eigenvalue weighted by Crippen LogP contribution is 2.42. The highest BCUT2D eigenvalue weighted by molar-refractivity contribution is 6.10. The maximum atomic E-state index is 14.4. The normalized spacial score (nSPS) is 18.2.